The zero-order chi connectivity index (χ0) is 12.4. The fraction of sp³-hybridized carbons (Fsp3) is 0.0769. The van der Waals surface area contributed by atoms with Gasteiger partial charge in [-0.3, -0.25) is 10.1 Å². The smallest absolute Gasteiger partial charge is 0.258 e. The number of para-hydroxylation sites is 1. The number of nitrogens with zero attached hydrogens (tertiary/aromatic N) is 1. The Morgan fingerprint density at radius 1 is 1.18 bits per heavy atom. The maximum atomic E-state index is 13.1. The van der Waals surface area contributed by atoms with Gasteiger partial charge in [0.1, 0.15) is 5.82 Å². The molecule has 0 amide bonds. The van der Waals surface area contributed by atoms with Gasteiger partial charge in [0.2, 0.25) is 0 Å². The second kappa shape index (κ2) is 4.33. The third-order valence-electron chi connectivity index (χ3n) is 2.57. The second-order valence-electron chi connectivity index (χ2n) is 3.74. The molecule has 2 rings (SSSR count). The molecule has 4 heteroatoms. The van der Waals surface area contributed by atoms with Gasteiger partial charge in [-0.05, 0) is 36.2 Å². The Morgan fingerprint density at radius 3 is 2.53 bits per heavy atom. The summed E-state index contributed by atoms with van der Waals surface area (Å²) >= 11 is 0. The van der Waals surface area contributed by atoms with Crippen molar-refractivity contribution < 1.29 is 9.31 Å². The SMILES string of the molecule is Cc1cc(-c2ccccc2[N+](=O)[O-])ccc1F. The molecule has 0 aliphatic rings. The van der Waals surface area contributed by atoms with Crippen LogP contribution in [0.1, 0.15) is 5.56 Å². The predicted octanol–water partition coefficient (Wildman–Crippen LogP) is 3.71. The average molecular weight is 231 g/mol. The molecule has 17 heavy (non-hydrogen) atoms. The quantitative estimate of drug-likeness (QED) is 0.584. The first-order chi connectivity index (χ1) is 8.09. The Bertz CT molecular complexity index is 581. The summed E-state index contributed by atoms with van der Waals surface area (Å²) < 4.78 is 13.1. The summed E-state index contributed by atoms with van der Waals surface area (Å²) in [6, 6.07) is 10.9. The molecule has 0 unspecified atom stereocenters. The van der Waals surface area contributed by atoms with Crippen LogP contribution in [0.3, 0.4) is 0 Å². The number of aryl methyl sites for hydroxylation is 1. The molecular weight excluding hydrogens is 221 g/mol. The molecule has 0 heterocycles. The first-order valence-corrected chi connectivity index (χ1v) is 5.09. The molecule has 0 aliphatic heterocycles. The van der Waals surface area contributed by atoms with E-state index in [1.54, 1.807) is 37.3 Å². The van der Waals surface area contributed by atoms with Crippen molar-refractivity contribution in [1.29, 1.82) is 0 Å². The molecule has 0 saturated carbocycles. The van der Waals surface area contributed by atoms with Crippen LogP contribution in [-0.4, -0.2) is 4.92 Å². The van der Waals surface area contributed by atoms with E-state index in [-0.39, 0.29) is 11.5 Å². The first kappa shape index (κ1) is 11.3. The van der Waals surface area contributed by atoms with Gasteiger partial charge in [-0.15, -0.1) is 0 Å². The van der Waals surface area contributed by atoms with Crippen LogP contribution < -0.4 is 0 Å². The van der Waals surface area contributed by atoms with Crippen molar-refractivity contribution in [1.82, 2.24) is 0 Å². The van der Waals surface area contributed by atoms with Gasteiger partial charge in [-0.2, -0.15) is 0 Å². The Morgan fingerprint density at radius 2 is 1.88 bits per heavy atom. The normalized spacial score (nSPS) is 10.2. The van der Waals surface area contributed by atoms with Crippen molar-refractivity contribution >= 4 is 5.69 Å². The molecule has 86 valence electrons. The predicted molar refractivity (Wildman–Crippen MR) is 63.2 cm³/mol. The Balaban J connectivity index is 2.60. The monoisotopic (exact) mass is 231 g/mol. The van der Waals surface area contributed by atoms with E-state index in [9.17, 15) is 14.5 Å². The number of nitro benzene ring substituents is 1. The highest BCUT2D eigenvalue weighted by Crippen LogP contribution is 2.30. The maximum Gasteiger partial charge on any atom is 0.277 e. The highest BCUT2D eigenvalue weighted by Gasteiger charge is 2.14. The Labute approximate surface area is 97.7 Å². The summed E-state index contributed by atoms with van der Waals surface area (Å²) in [4.78, 5) is 10.4. The molecule has 2 aromatic carbocycles. The highest BCUT2D eigenvalue weighted by atomic mass is 19.1. The zero-order valence-electron chi connectivity index (χ0n) is 9.18. The molecule has 0 atom stereocenters. The van der Waals surface area contributed by atoms with E-state index < -0.39 is 4.92 Å². The third-order valence-corrected chi connectivity index (χ3v) is 2.57. The lowest BCUT2D eigenvalue weighted by Crippen LogP contribution is -1.92. The summed E-state index contributed by atoms with van der Waals surface area (Å²) in [5.74, 6) is -0.313. The number of nitro groups is 1. The van der Waals surface area contributed by atoms with Crippen LogP contribution in [0.25, 0.3) is 11.1 Å². The largest absolute Gasteiger partial charge is 0.277 e. The molecule has 0 aliphatic carbocycles. The van der Waals surface area contributed by atoms with Crippen molar-refractivity contribution in [3.05, 3.63) is 64.0 Å². The van der Waals surface area contributed by atoms with Crippen LogP contribution in [0.2, 0.25) is 0 Å². The van der Waals surface area contributed by atoms with Crippen LogP contribution >= 0.6 is 0 Å². The molecular formula is C13H10FNO2. The van der Waals surface area contributed by atoms with Crippen molar-refractivity contribution in [3.63, 3.8) is 0 Å². The van der Waals surface area contributed by atoms with E-state index in [1.165, 1.54) is 12.1 Å². The zero-order valence-corrected chi connectivity index (χ0v) is 9.18. The first-order valence-electron chi connectivity index (χ1n) is 5.09. The van der Waals surface area contributed by atoms with Crippen molar-refractivity contribution in [3.8, 4) is 11.1 Å². The molecule has 0 radical (unpaired) electrons. The van der Waals surface area contributed by atoms with E-state index in [0.29, 0.717) is 16.7 Å². The van der Waals surface area contributed by atoms with Gasteiger partial charge in [0.15, 0.2) is 0 Å². The number of hydrogen-bond acceptors (Lipinski definition) is 2. The molecule has 3 nitrogen and oxygen atoms in total. The standard InChI is InChI=1S/C13H10FNO2/c1-9-8-10(6-7-12(9)14)11-4-2-3-5-13(11)15(16)17/h2-8H,1H3. The van der Waals surface area contributed by atoms with E-state index in [2.05, 4.69) is 0 Å². The summed E-state index contributed by atoms with van der Waals surface area (Å²) in [6.07, 6.45) is 0. The van der Waals surface area contributed by atoms with Crippen LogP contribution in [0, 0.1) is 22.9 Å². The summed E-state index contributed by atoms with van der Waals surface area (Å²) in [6.45, 7) is 1.63. The molecule has 0 saturated heterocycles. The summed E-state index contributed by atoms with van der Waals surface area (Å²) in [5.41, 5.74) is 1.65. The molecule has 0 fully saturated rings. The van der Waals surface area contributed by atoms with Crippen LogP contribution in [0.4, 0.5) is 10.1 Å². The number of benzene rings is 2. The maximum absolute atomic E-state index is 13.1. The van der Waals surface area contributed by atoms with E-state index in [4.69, 9.17) is 0 Å². The lowest BCUT2D eigenvalue weighted by Gasteiger charge is -2.04. The van der Waals surface area contributed by atoms with E-state index in [1.807, 2.05) is 0 Å². The van der Waals surface area contributed by atoms with Gasteiger partial charge in [-0.25, -0.2) is 4.39 Å². The molecule has 0 bridgehead atoms. The van der Waals surface area contributed by atoms with Gasteiger partial charge >= 0.3 is 0 Å². The lowest BCUT2D eigenvalue weighted by atomic mass is 10.0. The van der Waals surface area contributed by atoms with Crippen molar-refractivity contribution in [2.75, 3.05) is 0 Å². The highest BCUT2D eigenvalue weighted by molar-refractivity contribution is 5.73. The van der Waals surface area contributed by atoms with Crippen LogP contribution in [0.15, 0.2) is 42.5 Å². The van der Waals surface area contributed by atoms with Gasteiger partial charge < -0.3 is 0 Å². The van der Waals surface area contributed by atoms with Gasteiger partial charge in [-0.1, -0.05) is 18.2 Å². The van der Waals surface area contributed by atoms with E-state index in [0.717, 1.165) is 0 Å². The molecule has 0 N–H and O–H groups in total. The fourth-order valence-electron chi connectivity index (χ4n) is 1.69. The van der Waals surface area contributed by atoms with Gasteiger partial charge in [0.05, 0.1) is 10.5 Å². The average Bonchev–Trinajstić information content (AvgIpc) is 2.32. The third kappa shape index (κ3) is 2.15. The van der Waals surface area contributed by atoms with Crippen molar-refractivity contribution in [2.45, 2.75) is 6.92 Å². The molecule has 0 aromatic heterocycles. The number of halogens is 1. The summed E-state index contributed by atoms with van der Waals surface area (Å²) in [5, 5.41) is 10.9. The topological polar surface area (TPSA) is 43.1 Å². The van der Waals surface area contributed by atoms with Gasteiger partial charge in [0.25, 0.3) is 5.69 Å². The van der Waals surface area contributed by atoms with E-state index >= 15 is 0 Å². The number of hydrogen-bond donors (Lipinski definition) is 0. The Hall–Kier alpha value is -2.23. The molecule has 0 spiro atoms. The van der Waals surface area contributed by atoms with Crippen LogP contribution in [-0.2, 0) is 0 Å². The minimum Gasteiger partial charge on any atom is -0.258 e. The van der Waals surface area contributed by atoms with Crippen molar-refractivity contribution in [2.24, 2.45) is 0 Å². The molecule has 2 aromatic rings. The fourth-order valence-corrected chi connectivity index (χ4v) is 1.69. The minimum atomic E-state index is -0.436. The van der Waals surface area contributed by atoms with Crippen LogP contribution in [0.5, 0.6) is 0 Å². The Kier molecular flexibility index (Phi) is 2.87. The summed E-state index contributed by atoms with van der Waals surface area (Å²) in [7, 11) is 0. The minimum absolute atomic E-state index is 0.0264. The second-order valence-corrected chi connectivity index (χ2v) is 3.74. The van der Waals surface area contributed by atoms with Gasteiger partial charge in [0, 0.05) is 6.07 Å². The number of rotatable bonds is 2. The lowest BCUT2D eigenvalue weighted by molar-refractivity contribution is -0.384.